The van der Waals surface area contributed by atoms with Gasteiger partial charge < -0.3 is 10.1 Å². The second-order valence-corrected chi connectivity index (χ2v) is 7.18. The Morgan fingerprint density at radius 2 is 1.81 bits per heavy atom. The number of carbonyl (C=O) groups excluding carboxylic acids is 2. The van der Waals surface area contributed by atoms with Crippen molar-refractivity contribution in [3.63, 3.8) is 0 Å². The van der Waals surface area contributed by atoms with Crippen molar-refractivity contribution in [2.24, 2.45) is 5.84 Å². The summed E-state index contributed by atoms with van der Waals surface area (Å²) >= 11 is 0. The number of methoxy groups -OCH3 is 1. The highest BCUT2D eigenvalue weighted by Gasteiger charge is 2.28. The van der Waals surface area contributed by atoms with E-state index in [4.69, 9.17) is 10.6 Å². The number of nitrogens with one attached hydrogen (secondary N) is 2. The van der Waals surface area contributed by atoms with E-state index in [-0.39, 0.29) is 11.3 Å². The molecule has 0 radical (unpaired) electrons. The summed E-state index contributed by atoms with van der Waals surface area (Å²) in [7, 11) is 1.62. The van der Waals surface area contributed by atoms with Crippen LogP contribution in [0, 0.1) is 0 Å². The molecule has 2 aromatic rings. The predicted octanol–water partition coefficient (Wildman–Crippen LogP) is 2.45. The van der Waals surface area contributed by atoms with Crippen molar-refractivity contribution in [3.8, 4) is 5.75 Å². The summed E-state index contributed by atoms with van der Waals surface area (Å²) in [6, 6.07) is 12.3. The van der Waals surface area contributed by atoms with Crippen LogP contribution in [0.1, 0.15) is 45.7 Å². The van der Waals surface area contributed by atoms with E-state index < -0.39 is 5.91 Å². The van der Waals surface area contributed by atoms with E-state index in [1.807, 2.05) is 18.2 Å². The van der Waals surface area contributed by atoms with Gasteiger partial charge in [-0.1, -0.05) is 18.2 Å². The molecule has 3 rings (SSSR count). The fourth-order valence-electron chi connectivity index (χ4n) is 3.24. The summed E-state index contributed by atoms with van der Waals surface area (Å²) in [6.07, 6.45) is 2.44. The zero-order valence-electron chi connectivity index (χ0n) is 15.6. The first-order valence-corrected chi connectivity index (χ1v) is 8.65. The molecule has 0 aromatic heterocycles. The number of fused-ring (bicyclic) bond motifs is 1. The lowest BCUT2D eigenvalue weighted by Crippen LogP contribution is -2.43. The minimum Gasteiger partial charge on any atom is -0.497 e. The van der Waals surface area contributed by atoms with Crippen LogP contribution < -0.4 is 21.3 Å². The van der Waals surface area contributed by atoms with Crippen molar-refractivity contribution in [1.29, 1.82) is 0 Å². The quantitative estimate of drug-likeness (QED) is 0.254. The minimum absolute atomic E-state index is 0.149. The number of nitrogen functional groups attached to an aromatic ring is 1. The number of amides is 1. The van der Waals surface area contributed by atoms with Gasteiger partial charge in [-0.15, -0.1) is 0 Å². The highest BCUT2D eigenvalue weighted by Crippen LogP contribution is 2.32. The van der Waals surface area contributed by atoms with E-state index >= 15 is 0 Å². The molecule has 0 saturated carbocycles. The van der Waals surface area contributed by atoms with Crippen LogP contribution in [0.15, 0.2) is 48.5 Å². The zero-order chi connectivity index (χ0) is 19.6. The standard InChI is InChI=1S/C21H23N3O3/c1-21(2)12-15-8-9-16(27-3)10-17(15)18(23-21)11-19(25)13-4-6-14(7-5-13)20(26)24-22/h4-11,23H,12,22H2,1-3H3,(H,24,26). The van der Waals surface area contributed by atoms with Gasteiger partial charge in [-0.2, -0.15) is 0 Å². The van der Waals surface area contributed by atoms with Crippen molar-refractivity contribution in [2.45, 2.75) is 25.8 Å². The second-order valence-electron chi connectivity index (χ2n) is 7.18. The van der Waals surface area contributed by atoms with Gasteiger partial charge in [0.25, 0.3) is 5.91 Å². The Bertz CT molecular complexity index is 915. The van der Waals surface area contributed by atoms with Crippen LogP contribution >= 0.6 is 0 Å². The van der Waals surface area contributed by atoms with E-state index in [1.54, 1.807) is 37.5 Å². The van der Waals surface area contributed by atoms with Crippen molar-refractivity contribution in [3.05, 3.63) is 70.8 Å². The van der Waals surface area contributed by atoms with E-state index in [0.29, 0.717) is 11.1 Å². The lowest BCUT2D eigenvalue weighted by atomic mass is 9.85. The Morgan fingerprint density at radius 3 is 2.44 bits per heavy atom. The molecule has 0 saturated heterocycles. The lowest BCUT2D eigenvalue weighted by molar-refractivity contribution is 0.0952. The molecule has 2 aromatic carbocycles. The molecule has 1 heterocycles. The molecule has 4 N–H and O–H groups in total. The summed E-state index contributed by atoms with van der Waals surface area (Å²) < 4.78 is 5.33. The van der Waals surface area contributed by atoms with Crippen LogP contribution in [0.3, 0.4) is 0 Å². The number of ether oxygens (including phenoxy) is 1. The van der Waals surface area contributed by atoms with Crippen LogP contribution in [-0.4, -0.2) is 24.3 Å². The molecule has 0 unspecified atom stereocenters. The van der Waals surface area contributed by atoms with Crippen LogP contribution in [0.4, 0.5) is 0 Å². The van der Waals surface area contributed by atoms with E-state index in [9.17, 15) is 9.59 Å². The molecule has 1 aliphatic rings. The first-order valence-electron chi connectivity index (χ1n) is 8.65. The summed E-state index contributed by atoms with van der Waals surface area (Å²) in [4.78, 5) is 24.3. The Kier molecular flexibility index (Phi) is 5.01. The number of allylic oxidation sites excluding steroid dienone is 1. The number of carbonyl (C=O) groups is 2. The van der Waals surface area contributed by atoms with Gasteiger partial charge in [0.1, 0.15) is 5.75 Å². The minimum atomic E-state index is -0.399. The molecule has 0 bridgehead atoms. The summed E-state index contributed by atoms with van der Waals surface area (Å²) in [5, 5.41) is 3.44. The maximum atomic E-state index is 12.8. The Hall–Kier alpha value is -3.12. The fourth-order valence-corrected chi connectivity index (χ4v) is 3.24. The van der Waals surface area contributed by atoms with Crippen LogP contribution in [0.2, 0.25) is 0 Å². The van der Waals surface area contributed by atoms with Crippen molar-refractivity contribution >= 4 is 17.4 Å². The third kappa shape index (κ3) is 4.01. The first-order chi connectivity index (χ1) is 12.8. The van der Waals surface area contributed by atoms with Gasteiger partial charge in [-0.25, -0.2) is 5.84 Å². The van der Waals surface area contributed by atoms with Gasteiger partial charge in [-0.05, 0) is 50.1 Å². The molecule has 0 aliphatic carbocycles. The van der Waals surface area contributed by atoms with E-state index in [2.05, 4.69) is 24.6 Å². The van der Waals surface area contributed by atoms with E-state index in [1.165, 1.54) is 0 Å². The second kappa shape index (κ2) is 7.25. The molecule has 1 amide bonds. The number of nitrogens with two attached hydrogens (primary N) is 1. The van der Waals surface area contributed by atoms with Crippen LogP contribution in [0.5, 0.6) is 5.75 Å². The van der Waals surface area contributed by atoms with Gasteiger partial charge in [0.2, 0.25) is 0 Å². The number of rotatable bonds is 4. The first kappa shape index (κ1) is 18.7. The van der Waals surface area contributed by atoms with Gasteiger partial charge >= 0.3 is 0 Å². The normalized spacial score (nSPS) is 16.2. The monoisotopic (exact) mass is 365 g/mol. The number of hydrogen-bond donors (Lipinski definition) is 3. The molecule has 0 atom stereocenters. The van der Waals surface area contributed by atoms with Crippen LogP contribution in [-0.2, 0) is 6.42 Å². The average molecular weight is 365 g/mol. The van der Waals surface area contributed by atoms with Crippen LogP contribution in [0.25, 0.3) is 5.70 Å². The van der Waals surface area contributed by atoms with Gasteiger partial charge in [-0.3, -0.25) is 15.0 Å². The number of ketones is 1. The average Bonchev–Trinajstić information content (AvgIpc) is 2.66. The van der Waals surface area contributed by atoms with Gasteiger partial charge in [0.05, 0.1) is 7.11 Å². The smallest absolute Gasteiger partial charge is 0.265 e. The van der Waals surface area contributed by atoms with Crippen molar-refractivity contribution in [1.82, 2.24) is 10.7 Å². The number of benzene rings is 2. The Labute approximate surface area is 158 Å². The summed E-state index contributed by atoms with van der Waals surface area (Å²) in [5.41, 5.74) is 5.67. The Morgan fingerprint density at radius 1 is 1.15 bits per heavy atom. The molecule has 6 heteroatoms. The maximum absolute atomic E-state index is 12.8. The molecule has 140 valence electrons. The fraction of sp³-hybridized carbons (Fsp3) is 0.238. The van der Waals surface area contributed by atoms with Crippen molar-refractivity contribution < 1.29 is 14.3 Å². The van der Waals surface area contributed by atoms with Gasteiger partial charge in [0, 0.05) is 34.0 Å². The summed E-state index contributed by atoms with van der Waals surface area (Å²) in [5.74, 6) is 5.32. The third-order valence-electron chi connectivity index (χ3n) is 4.55. The van der Waals surface area contributed by atoms with E-state index in [0.717, 1.165) is 29.0 Å². The molecular weight excluding hydrogens is 342 g/mol. The topological polar surface area (TPSA) is 93.5 Å². The molecule has 0 fully saturated rings. The Balaban J connectivity index is 1.96. The largest absolute Gasteiger partial charge is 0.497 e. The van der Waals surface area contributed by atoms with Crippen molar-refractivity contribution in [2.75, 3.05) is 7.11 Å². The lowest BCUT2D eigenvalue weighted by Gasteiger charge is -2.35. The molecule has 27 heavy (non-hydrogen) atoms. The number of hydrogen-bond acceptors (Lipinski definition) is 5. The molecule has 0 spiro atoms. The maximum Gasteiger partial charge on any atom is 0.265 e. The third-order valence-corrected chi connectivity index (χ3v) is 4.55. The predicted molar refractivity (Wildman–Crippen MR) is 104 cm³/mol. The SMILES string of the molecule is COc1ccc2c(c1)C(=CC(=O)c1ccc(C(=O)NN)cc1)NC(C)(C)C2. The molecule has 6 nitrogen and oxygen atoms in total. The molecular formula is C21H23N3O3. The number of hydrazine groups is 1. The highest BCUT2D eigenvalue weighted by atomic mass is 16.5. The summed E-state index contributed by atoms with van der Waals surface area (Å²) in [6.45, 7) is 4.19. The zero-order valence-corrected chi connectivity index (χ0v) is 15.6. The molecule has 1 aliphatic heterocycles. The highest BCUT2D eigenvalue weighted by molar-refractivity contribution is 6.09. The van der Waals surface area contributed by atoms with Gasteiger partial charge in [0.15, 0.2) is 5.78 Å².